The minimum Gasteiger partial charge on any atom is -0.313 e. The predicted molar refractivity (Wildman–Crippen MR) is 61.6 cm³/mol. The second-order valence-corrected chi connectivity index (χ2v) is 4.39. The van der Waals surface area contributed by atoms with E-state index in [9.17, 15) is 0 Å². The van der Waals surface area contributed by atoms with Crippen molar-refractivity contribution in [2.45, 2.75) is 39.7 Å². The van der Waals surface area contributed by atoms with Crippen molar-refractivity contribution in [2.75, 3.05) is 6.54 Å². The van der Waals surface area contributed by atoms with Crippen molar-refractivity contribution in [3.8, 4) is 0 Å². The van der Waals surface area contributed by atoms with Gasteiger partial charge in [0.05, 0.1) is 5.69 Å². The molecule has 0 bridgehead atoms. The van der Waals surface area contributed by atoms with E-state index in [0.29, 0.717) is 12.0 Å². The van der Waals surface area contributed by atoms with Crippen molar-refractivity contribution in [1.29, 1.82) is 0 Å². The lowest BCUT2D eigenvalue weighted by molar-refractivity contribution is 0.394. The number of nitrogens with one attached hydrogen (secondary N) is 1. The summed E-state index contributed by atoms with van der Waals surface area (Å²) in [6.07, 6.45) is 4.12. The van der Waals surface area contributed by atoms with Crippen LogP contribution in [0, 0.1) is 5.92 Å². The van der Waals surface area contributed by atoms with Gasteiger partial charge in [-0.05, 0) is 18.9 Å². The summed E-state index contributed by atoms with van der Waals surface area (Å²) in [4.78, 5) is 0. The lowest BCUT2D eigenvalue weighted by atomic mass is 9.99. The van der Waals surface area contributed by atoms with Crippen LogP contribution in [-0.4, -0.2) is 27.6 Å². The van der Waals surface area contributed by atoms with E-state index in [0.717, 1.165) is 18.7 Å². The Morgan fingerprint density at radius 3 is 2.67 bits per heavy atom. The lowest BCUT2D eigenvalue weighted by Gasteiger charge is -2.21. The van der Waals surface area contributed by atoms with Crippen molar-refractivity contribution in [3.63, 3.8) is 0 Å². The fourth-order valence-corrected chi connectivity index (χ4v) is 1.59. The fourth-order valence-electron chi connectivity index (χ4n) is 1.59. The minimum absolute atomic E-state index is 0.502. The Labute approximate surface area is 92.1 Å². The van der Waals surface area contributed by atoms with Gasteiger partial charge in [-0.15, -0.1) is 5.10 Å². The first-order valence-corrected chi connectivity index (χ1v) is 5.72. The van der Waals surface area contributed by atoms with Crippen LogP contribution in [0.2, 0.25) is 0 Å². The normalized spacial score (nSPS) is 13.4. The monoisotopic (exact) mass is 210 g/mol. The van der Waals surface area contributed by atoms with Crippen molar-refractivity contribution < 1.29 is 0 Å². The third kappa shape index (κ3) is 4.00. The van der Waals surface area contributed by atoms with E-state index in [1.165, 1.54) is 6.42 Å². The van der Waals surface area contributed by atoms with E-state index in [1.807, 2.05) is 13.2 Å². The summed E-state index contributed by atoms with van der Waals surface area (Å²) in [7, 11) is 1.90. The van der Waals surface area contributed by atoms with Gasteiger partial charge in [0.2, 0.25) is 0 Å². The minimum atomic E-state index is 0.502. The van der Waals surface area contributed by atoms with Gasteiger partial charge in [0.1, 0.15) is 0 Å². The Bertz CT molecular complexity index is 280. The number of nitrogens with zero attached hydrogens (tertiary/aromatic N) is 3. The summed E-state index contributed by atoms with van der Waals surface area (Å²) in [5.74, 6) is 0.624. The average molecular weight is 210 g/mol. The van der Waals surface area contributed by atoms with Crippen LogP contribution in [0.1, 0.15) is 32.9 Å². The van der Waals surface area contributed by atoms with Gasteiger partial charge in [-0.25, -0.2) is 0 Å². The smallest absolute Gasteiger partial charge is 0.0842 e. The Morgan fingerprint density at radius 2 is 2.20 bits per heavy atom. The largest absolute Gasteiger partial charge is 0.313 e. The SMILES string of the molecule is CCCNC(Cc1cn(C)nn1)C(C)C. The number of rotatable bonds is 6. The highest BCUT2D eigenvalue weighted by molar-refractivity contribution is 4.96. The lowest BCUT2D eigenvalue weighted by Crippen LogP contribution is -2.36. The highest BCUT2D eigenvalue weighted by Crippen LogP contribution is 2.07. The first-order valence-electron chi connectivity index (χ1n) is 5.72. The Kier molecular flexibility index (Phi) is 4.75. The zero-order valence-corrected chi connectivity index (χ0v) is 10.2. The second kappa shape index (κ2) is 5.85. The van der Waals surface area contributed by atoms with E-state index in [1.54, 1.807) is 4.68 Å². The molecule has 1 rings (SSSR count). The van der Waals surface area contributed by atoms with Crippen LogP contribution < -0.4 is 5.32 Å². The molecule has 4 nitrogen and oxygen atoms in total. The molecule has 0 aromatic carbocycles. The Morgan fingerprint density at radius 1 is 1.47 bits per heavy atom. The van der Waals surface area contributed by atoms with Crippen LogP contribution in [0.4, 0.5) is 0 Å². The highest BCUT2D eigenvalue weighted by Gasteiger charge is 2.14. The van der Waals surface area contributed by atoms with E-state index < -0.39 is 0 Å². The van der Waals surface area contributed by atoms with E-state index >= 15 is 0 Å². The number of hydrogen-bond donors (Lipinski definition) is 1. The van der Waals surface area contributed by atoms with Crippen molar-refractivity contribution >= 4 is 0 Å². The average Bonchev–Trinajstić information content (AvgIpc) is 2.58. The molecule has 1 atom stereocenters. The number of hydrogen-bond acceptors (Lipinski definition) is 3. The maximum Gasteiger partial charge on any atom is 0.0842 e. The van der Waals surface area contributed by atoms with Gasteiger partial charge >= 0.3 is 0 Å². The van der Waals surface area contributed by atoms with Crippen LogP contribution in [0.25, 0.3) is 0 Å². The molecule has 1 aromatic rings. The Hall–Kier alpha value is -0.900. The summed E-state index contributed by atoms with van der Waals surface area (Å²) in [6, 6.07) is 0.502. The molecule has 15 heavy (non-hydrogen) atoms. The molecule has 1 unspecified atom stereocenters. The molecular weight excluding hydrogens is 188 g/mol. The van der Waals surface area contributed by atoms with E-state index in [4.69, 9.17) is 0 Å². The van der Waals surface area contributed by atoms with Gasteiger partial charge < -0.3 is 5.32 Å². The fraction of sp³-hybridized carbons (Fsp3) is 0.818. The van der Waals surface area contributed by atoms with Crippen molar-refractivity contribution in [2.24, 2.45) is 13.0 Å². The Balaban J connectivity index is 2.50. The van der Waals surface area contributed by atoms with Crippen LogP contribution in [0.3, 0.4) is 0 Å². The molecule has 0 saturated heterocycles. The van der Waals surface area contributed by atoms with Crippen LogP contribution in [0.5, 0.6) is 0 Å². The topological polar surface area (TPSA) is 42.7 Å². The molecule has 0 saturated carbocycles. The first-order chi connectivity index (χ1) is 7.13. The molecule has 0 aliphatic carbocycles. The van der Waals surface area contributed by atoms with E-state index in [-0.39, 0.29) is 0 Å². The van der Waals surface area contributed by atoms with Gasteiger partial charge in [-0.1, -0.05) is 26.0 Å². The molecule has 4 heteroatoms. The maximum atomic E-state index is 4.12. The molecule has 0 radical (unpaired) electrons. The standard InChI is InChI=1S/C11H22N4/c1-5-6-12-11(9(2)3)7-10-8-15(4)14-13-10/h8-9,11-12H,5-7H2,1-4H3. The summed E-state index contributed by atoms with van der Waals surface area (Å²) in [5.41, 5.74) is 1.07. The molecule has 0 aliphatic rings. The molecule has 0 spiro atoms. The predicted octanol–water partition coefficient (Wildman–Crippen LogP) is 1.38. The zero-order valence-electron chi connectivity index (χ0n) is 10.2. The van der Waals surface area contributed by atoms with Crippen molar-refractivity contribution in [1.82, 2.24) is 20.3 Å². The number of aromatic nitrogens is 3. The second-order valence-electron chi connectivity index (χ2n) is 4.39. The highest BCUT2D eigenvalue weighted by atomic mass is 15.4. The maximum absolute atomic E-state index is 4.12. The van der Waals surface area contributed by atoms with Crippen molar-refractivity contribution in [3.05, 3.63) is 11.9 Å². The van der Waals surface area contributed by atoms with Gasteiger partial charge in [-0.3, -0.25) is 4.68 Å². The summed E-state index contributed by atoms with van der Waals surface area (Å²) >= 11 is 0. The molecular formula is C11H22N4. The quantitative estimate of drug-likeness (QED) is 0.771. The summed E-state index contributed by atoms with van der Waals surface area (Å²) < 4.78 is 1.76. The molecule has 1 aromatic heterocycles. The molecule has 0 fully saturated rings. The van der Waals surface area contributed by atoms with E-state index in [2.05, 4.69) is 36.4 Å². The van der Waals surface area contributed by atoms with Gasteiger partial charge in [0.15, 0.2) is 0 Å². The molecule has 0 amide bonds. The van der Waals surface area contributed by atoms with Gasteiger partial charge in [0.25, 0.3) is 0 Å². The summed E-state index contributed by atoms with van der Waals surface area (Å²) in [6.45, 7) is 7.74. The third-order valence-corrected chi connectivity index (χ3v) is 2.54. The van der Waals surface area contributed by atoms with Crippen LogP contribution >= 0.6 is 0 Å². The molecule has 1 N–H and O–H groups in total. The van der Waals surface area contributed by atoms with Crippen LogP contribution in [0.15, 0.2) is 6.20 Å². The number of aryl methyl sites for hydroxylation is 1. The molecule has 86 valence electrons. The first kappa shape index (κ1) is 12.2. The molecule has 0 aliphatic heterocycles. The summed E-state index contributed by atoms with van der Waals surface area (Å²) in [5, 5.41) is 11.6. The zero-order chi connectivity index (χ0) is 11.3. The van der Waals surface area contributed by atoms with Crippen LogP contribution in [-0.2, 0) is 13.5 Å². The molecule has 1 heterocycles. The van der Waals surface area contributed by atoms with Gasteiger partial charge in [-0.2, -0.15) is 0 Å². The van der Waals surface area contributed by atoms with Gasteiger partial charge in [0, 0.05) is 25.7 Å². The third-order valence-electron chi connectivity index (χ3n) is 2.54.